The van der Waals surface area contributed by atoms with Crippen molar-refractivity contribution in [2.45, 2.75) is 31.7 Å². The zero-order valence-electron chi connectivity index (χ0n) is 15.7. The number of aliphatic imine (C=N–C) groups is 1. The average molecular weight is 494 g/mol. The normalized spacial score (nSPS) is 19.7. The van der Waals surface area contributed by atoms with E-state index < -0.39 is 11.6 Å². The third kappa shape index (κ3) is 6.74. The summed E-state index contributed by atoms with van der Waals surface area (Å²) >= 11 is 0. The molecule has 0 amide bonds. The molecule has 3 rings (SSSR count). The lowest BCUT2D eigenvalue weighted by molar-refractivity contribution is 0.123. The number of hydrogen-bond donors (Lipinski definition) is 2. The van der Waals surface area contributed by atoms with Crippen LogP contribution in [0.4, 0.5) is 14.5 Å². The minimum Gasteiger partial charge on any atom is -0.381 e. The Morgan fingerprint density at radius 2 is 2.00 bits per heavy atom. The van der Waals surface area contributed by atoms with Crippen LogP contribution in [-0.2, 0) is 4.74 Å². The van der Waals surface area contributed by atoms with Crippen molar-refractivity contribution in [2.24, 2.45) is 10.9 Å². The highest BCUT2D eigenvalue weighted by Crippen LogP contribution is 2.28. The molecule has 1 heterocycles. The summed E-state index contributed by atoms with van der Waals surface area (Å²) in [6.07, 6.45) is 4.34. The van der Waals surface area contributed by atoms with Gasteiger partial charge in [0.1, 0.15) is 17.3 Å². The summed E-state index contributed by atoms with van der Waals surface area (Å²) in [7, 11) is 1.72. The molecular formula is C19H29F2IN4O. The molecule has 152 valence electrons. The Labute approximate surface area is 177 Å². The van der Waals surface area contributed by atoms with Gasteiger partial charge in [0.25, 0.3) is 0 Å². The van der Waals surface area contributed by atoms with E-state index in [2.05, 4.69) is 15.6 Å². The molecule has 0 bridgehead atoms. The van der Waals surface area contributed by atoms with Crippen LogP contribution in [0.3, 0.4) is 0 Å². The van der Waals surface area contributed by atoms with Crippen LogP contribution in [0.25, 0.3) is 0 Å². The first kappa shape index (κ1) is 22.1. The van der Waals surface area contributed by atoms with Gasteiger partial charge in [-0.2, -0.15) is 0 Å². The maximum Gasteiger partial charge on any atom is 0.191 e. The number of anilines is 1. The van der Waals surface area contributed by atoms with E-state index in [4.69, 9.17) is 4.74 Å². The van der Waals surface area contributed by atoms with Crippen molar-refractivity contribution in [3.63, 3.8) is 0 Å². The van der Waals surface area contributed by atoms with Gasteiger partial charge >= 0.3 is 0 Å². The molecule has 1 atom stereocenters. The van der Waals surface area contributed by atoms with Crippen molar-refractivity contribution in [3.8, 4) is 0 Å². The van der Waals surface area contributed by atoms with Gasteiger partial charge in [-0.05, 0) is 43.7 Å². The lowest BCUT2D eigenvalue weighted by atomic mass is 10.2. The number of nitrogens with zero attached hydrogens (tertiary/aromatic N) is 2. The maximum absolute atomic E-state index is 13.9. The molecule has 2 fully saturated rings. The number of nitrogens with one attached hydrogen (secondary N) is 2. The molecule has 1 aliphatic heterocycles. The third-order valence-electron chi connectivity index (χ3n) is 4.81. The average Bonchev–Trinajstić information content (AvgIpc) is 3.34. The lowest BCUT2D eigenvalue weighted by Gasteiger charge is -2.21. The van der Waals surface area contributed by atoms with Crippen LogP contribution in [0.5, 0.6) is 0 Å². The summed E-state index contributed by atoms with van der Waals surface area (Å²) in [6, 6.07) is 4.09. The quantitative estimate of drug-likeness (QED) is 0.253. The standard InChI is InChI=1S/C19H28F2N4O.HI/c1-22-19(23-9-3-11-26-13-14-6-7-14)24-15-8-10-25(12-15)18-16(20)4-2-5-17(18)21;/h2,4-5,14-15H,3,6-13H2,1H3,(H2,22,23,24);1H. The van der Waals surface area contributed by atoms with E-state index in [9.17, 15) is 8.78 Å². The van der Waals surface area contributed by atoms with Crippen LogP contribution >= 0.6 is 24.0 Å². The highest BCUT2D eigenvalue weighted by atomic mass is 127. The van der Waals surface area contributed by atoms with Crippen LogP contribution in [0.2, 0.25) is 0 Å². The van der Waals surface area contributed by atoms with Crippen molar-refractivity contribution in [3.05, 3.63) is 29.8 Å². The van der Waals surface area contributed by atoms with Crippen molar-refractivity contribution < 1.29 is 13.5 Å². The number of benzene rings is 1. The van der Waals surface area contributed by atoms with Gasteiger partial charge in [-0.3, -0.25) is 4.99 Å². The van der Waals surface area contributed by atoms with Crippen LogP contribution in [0, 0.1) is 17.6 Å². The predicted molar refractivity (Wildman–Crippen MR) is 115 cm³/mol. The Kier molecular flexibility index (Phi) is 9.01. The Morgan fingerprint density at radius 1 is 1.26 bits per heavy atom. The molecule has 1 unspecified atom stereocenters. The molecular weight excluding hydrogens is 465 g/mol. The summed E-state index contributed by atoms with van der Waals surface area (Å²) in [6.45, 7) is 3.58. The second-order valence-corrected chi connectivity index (χ2v) is 7.02. The fourth-order valence-corrected chi connectivity index (χ4v) is 3.18. The lowest BCUT2D eigenvalue weighted by Crippen LogP contribution is -2.45. The monoisotopic (exact) mass is 494 g/mol. The zero-order chi connectivity index (χ0) is 18.4. The number of ether oxygens (including phenoxy) is 1. The molecule has 1 aromatic carbocycles. The number of rotatable bonds is 8. The third-order valence-corrected chi connectivity index (χ3v) is 4.81. The first-order valence-corrected chi connectivity index (χ1v) is 9.41. The van der Waals surface area contributed by atoms with E-state index in [0.29, 0.717) is 19.0 Å². The van der Waals surface area contributed by atoms with E-state index in [1.165, 1.54) is 31.0 Å². The molecule has 0 spiro atoms. The van der Waals surface area contributed by atoms with Crippen LogP contribution in [0.1, 0.15) is 25.7 Å². The molecule has 1 aromatic rings. The fraction of sp³-hybridized carbons (Fsp3) is 0.632. The topological polar surface area (TPSA) is 48.9 Å². The SMILES string of the molecule is CN=C(NCCCOCC1CC1)NC1CCN(c2c(F)cccc2F)C1.I. The smallest absolute Gasteiger partial charge is 0.191 e. The van der Waals surface area contributed by atoms with Crippen molar-refractivity contribution >= 4 is 35.6 Å². The van der Waals surface area contributed by atoms with E-state index >= 15 is 0 Å². The zero-order valence-corrected chi connectivity index (χ0v) is 18.0. The number of para-hydroxylation sites is 1. The summed E-state index contributed by atoms with van der Waals surface area (Å²) in [5, 5.41) is 6.60. The van der Waals surface area contributed by atoms with Crippen molar-refractivity contribution in [1.29, 1.82) is 0 Å². The largest absolute Gasteiger partial charge is 0.381 e. The first-order valence-electron chi connectivity index (χ1n) is 9.41. The second kappa shape index (κ2) is 11.0. The Bertz CT molecular complexity index is 607. The van der Waals surface area contributed by atoms with Crippen LogP contribution in [-0.4, -0.2) is 51.9 Å². The highest BCUT2D eigenvalue weighted by molar-refractivity contribution is 14.0. The van der Waals surface area contributed by atoms with Gasteiger partial charge in [-0.1, -0.05) is 6.07 Å². The molecule has 2 aliphatic rings. The molecule has 8 heteroatoms. The highest BCUT2D eigenvalue weighted by Gasteiger charge is 2.27. The van der Waals surface area contributed by atoms with Crippen LogP contribution in [0.15, 0.2) is 23.2 Å². The minimum atomic E-state index is -0.514. The summed E-state index contributed by atoms with van der Waals surface area (Å²) in [4.78, 5) is 5.98. The summed E-state index contributed by atoms with van der Waals surface area (Å²) in [5.74, 6) is 0.480. The van der Waals surface area contributed by atoms with E-state index in [1.807, 2.05) is 0 Å². The first-order chi connectivity index (χ1) is 12.7. The van der Waals surface area contributed by atoms with E-state index in [1.54, 1.807) is 11.9 Å². The molecule has 27 heavy (non-hydrogen) atoms. The van der Waals surface area contributed by atoms with Gasteiger partial charge in [0.05, 0.1) is 0 Å². The molecule has 2 N–H and O–H groups in total. The number of hydrogen-bond acceptors (Lipinski definition) is 3. The maximum atomic E-state index is 13.9. The second-order valence-electron chi connectivity index (χ2n) is 7.02. The molecule has 0 aromatic heterocycles. The summed E-state index contributed by atoms with van der Waals surface area (Å²) in [5.41, 5.74) is 0.0626. The van der Waals surface area contributed by atoms with Crippen molar-refractivity contribution in [2.75, 3.05) is 44.8 Å². The molecule has 1 saturated heterocycles. The van der Waals surface area contributed by atoms with Gasteiger partial charge in [0.15, 0.2) is 5.96 Å². The molecule has 1 saturated carbocycles. The van der Waals surface area contributed by atoms with Crippen molar-refractivity contribution in [1.82, 2.24) is 10.6 Å². The molecule has 0 radical (unpaired) electrons. The number of guanidine groups is 1. The fourth-order valence-electron chi connectivity index (χ4n) is 3.18. The Hall–Kier alpha value is -1.16. The predicted octanol–water partition coefficient (Wildman–Crippen LogP) is 3.14. The van der Waals surface area contributed by atoms with Gasteiger partial charge in [0.2, 0.25) is 0 Å². The molecule has 1 aliphatic carbocycles. The summed E-state index contributed by atoms with van der Waals surface area (Å²) < 4.78 is 33.5. The van der Waals surface area contributed by atoms with Gasteiger partial charge in [-0.15, -0.1) is 24.0 Å². The van der Waals surface area contributed by atoms with Crippen LogP contribution < -0.4 is 15.5 Å². The number of halogens is 3. The minimum absolute atomic E-state index is 0. The Morgan fingerprint density at radius 3 is 2.67 bits per heavy atom. The van der Waals surface area contributed by atoms with E-state index in [0.717, 1.165) is 38.5 Å². The van der Waals surface area contributed by atoms with Gasteiger partial charge < -0.3 is 20.3 Å². The Balaban J connectivity index is 0.00000261. The molecule has 5 nitrogen and oxygen atoms in total. The van der Waals surface area contributed by atoms with Gasteiger partial charge in [0, 0.05) is 45.9 Å². The van der Waals surface area contributed by atoms with Gasteiger partial charge in [-0.25, -0.2) is 8.78 Å². The van der Waals surface area contributed by atoms with E-state index in [-0.39, 0.29) is 35.7 Å².